The van der Waals surface area contributed by atoms with E-state index in [2.05, 4.69) is 45.1 Å². The highest BCUT2D eigenvalue weighted by Gasteiger charge is 2.08. The van der Waals surface area contributed by atoms with E-state index in [9.17, 15) is 0 Å². The Kier molecular flexibility index (Phi) is 4.15. The number of anilines is 1. The highest BCUT2D eigenvalue weighted by molar-refractivity contribution is 5.54. The molecule has 0 radical (unpaired) electrons. The van der Waals surface area contributed by atoms with Crippen LogP contribution in [0.25, 0.3) is 0 Å². The molecule has 0 bridgehead atoms. The van der Waals surface area contributed by atoms with Gasteiger partial charge < -0.3 is 10.4 Å². The molecular weight excluding hydrogens is 186 g/mol. The molecule has 2 N–H and O–H groups in total. The first-order chi connectivity index (χ1) is 7.04. The first kappa shape index (κ1) is 12.1. The zero-order valence-electron chi connectivity index (χ0n) is 10.0. The number of aliphatic hydroxyl groups excluding tert-OH is 1. The molecule has 1 rings (SSSR count). The summed E-state index contributed by atoms with van der Waals surface area (Å²) < 4.78 is 0. The summed E-state index contributed by atoms with van der Waals surface area (Å²) in [6, 6.07) is 6.54. The van der Waals surface area contributed by atoms with E-state index in [1.165, 1.54) is 11.3 Å². The average Bonchev–Trinajstić information content (AvgIpc) is 2.17. The van der Waals surface area contributed by atoms with Crippen molar-refractivity contribution in [3.63, 3.8) is 0 Å². The Labute approximate surface area is 92.3 Å². The Balaban J connectivity index is 3.03. The van der Waals surface area contributed by atoms with Crippen LogP contribution in [-0.4, -0.2) is 11.1 Å². The molecule has 0 atom stereocenters. The smallest absolute Gasteiger partial charge is 0.0681 e. The quantitative estimate of drug-likeness (QED) is 0.795. The molecular formula is C13H21NO. The summed E-state index contributed by atoms with van der Waals surface area (Å²) >= 11 is 0. The third kappa shape index (κ3) is 3.24. The highest BCUT2D eigenvalue weighted by Crippen LogP contribution is 2.26. The summed E-state index contributed by atoms with van der Waals surface area (Å²) in [6.07, 6.45) is 0. The van der Waals surface area contributed by atoms with Gasteiger partial charge >= 0.3 is 0 Å². The summed E-state index contributed by atoms with van der Waals surface area (Å²) in [5, 5.41) is 12.5. The number of benzene rings is 1. The van der Waals surface area contributed by atoms with Crippen molar-refractivity contribution in [3.05, 3.63) is 29.3 Å². The van der Waals surface area contributed by atoms with E-state index < -0.39 is 0 Å². The fourth-order valence-corrected chi connectivity index (χ4v) is 1.63. The fourth-order valence-electron chi connectivity index (χ4n) is 1.63. The Morgan fingerprint density at radius 1 is 1.20 bits per heavy atom. The lowest BCUT2D eigenvalue weighted by atomic mass is 9.98. The number of hydrogen-bond donors (Lipinski definition) is 2. The molecule has 0 heterocycles. The molecule has 0 fully saturated rings. The Morgan fingerprint density at radius 2 is 1.87 bits per heavy atom. The van der Waals surface area contributed by atoms with Crippen molar-refractivity contribution in [3.8, 4) is 0 Å². The first-order valence-corrected chi connectivity index (χ1v) is 5.54. The van der Waals surface area contributed by atoms with Crippen LogP contribution in [0.4, 0.5) is 5.69 Å². The summed E-state index contributed by atoms with van der Waals surface area (Å²) in [7, 11) is 0. The van der Waals surface area contributed by atoms with Gasteiger partial charge in [0, 0.05) is 11.7 Å². The first-order valence-electron chi connectivity index (χ1n) is 5.54. The van der Waals surface area contributed by atoms with E-state index in [0.717, 1.165) is 5.56 Å². The van der Waals surface area contributed by atoms with Crippen LogP contribution >= 0.6 is 0 Å². The van der Waals surface area contributed by atoms with E-state index in [-0.39, 0.29) is 6.61 Å². The minimum Gasteiger partial charge on any atom is -0.392 e. The predicted molar refractivity (Wildman–Crippen MR) is 65.2 cm³/mol. The third-order valence-electron chi connectivity index (χ3n) is 2.36. The monoisotopic (exact) mass is 207 g/mol. The SMILES string of the molecule is CC(C)Nc1ccc(CO)cc1C(C)C. The summed E-state index contributed by atoms with van der Waals surface area (Å²) in [6.45, 7) is 8.71. The molecule has 0 saturated heterocycles. The average molecular weight is 207 g/mol. The van der Waals surface area contributed by atoms with Gasteiger partial charge in [0.15, 0.2) is 0 Å². The molecule has 1 aromatic rings. The summed E-state index contributed by atoms with van der Waals surface area (Å²) in [5.41, 5.74) is 3.43. The van der Waals surface area contributed by atoms with Gasteiger partial charge in [0.25, 0.3) is 0 Å². The second-order valence-electron chi connectivity index (χ2n) is 4.53. The van der Waals surface area contributed by atoms with Crippen molar-refractivity contribution in [2.24, 2.45) is 0 Å². The molecule has 2 heteroatoms. The minimum absolute atomic E-state index is 0.113. The van der Waals surface area contributed by atoms with Crippen molar-refractivity contribution >= 4 is 5.69 Å². The minimum atomic E-state index is 0.113. The molecule has 0 aliphatic heterocycles. The molecule has 84 valence electrons. The van der Waals surface area contributed by atoms with Crippen LogP contribution < -0.4 is 5.32 Å². The van der Waals surface area contributed by atoms with Crippen molar-refractivity contribution in [2.45, 2.75) is 46.3 Å². The van der Waals surface area contributed by atoms with Crippen LogP contribution in [0.1, 0.15) is 44.7 Å². The maximum atomic E-state index is 9.10. The lowest BCUT2D eigenvalue weighted by molar-refractivity contribution is 0.281. The Morgan fingerprint density at radius 3 is 2.33 bits per heavy atom. The molecule has 0 aromatic heterocycles. The van der Waals surface area contributed by atoms with Crippen LogP contribution in [0.5, 0.6) is 0 Å². The molecule has 15 heavy (non-hydrogen) atoms. The van der Waals surface area contributed by atoms with Crippen LogP contribution in [0, 0.1) is 0 Å². The maximum Gasteiger partial charge on any atom is 0.0681 e. The van der Waals surface area contributed by atoms with E-state index in [0.29, 0.717) is 12.0 Å². The van der Waals surface area contributed by atoms with Gasteiger partial charge in [-0.05, 0) is 37.0 Å². The van der Waals surface area contributed by atoms with Crippen molar-refractivity contribution in [2.75, 3.05) is 5.32 Å². The van der Waals surface area contributed by atoms with Gasteiger partial charge in [-0.25, -0.2) is 0 Å². The van der Waals surface area contributed by atoms with E-state index >= 15 is 0 Å². The largest absolute Gasteiger partial charge is 0.392 e. The standard InChI is InChI=1S/C13H21NO/c1-9(2)12-7-11(8-15)5-6-13(12)14-10(3)4/h5-7,9-10,14-15H,8H2,1-4H3. The van der Waals surface area contributed by atoms with Crippen molar-refractivity contribution in [1.82, 2.24) is 0 Å². The summed E-state index contributed by atoms with van der Waals surface area (Å²) in [4.78, 5) is 0. The van der Waals surface area contributed by atoms with E-state index in [1.807, 2.05) is 6.07 Å². The predicted octanol–water partition coefficient (Wildman–Crippen LogP) is 3.12. The molecule has 0 unspecified atom stereocenters. The van der Waals surface area contributed by atoms with Gasteiger partial charge in [-0.3, -0.25) is 0 Å². The topological polar surface area (TPSA) is 32.3 Å². The fraction of sp³-hybridized carbons (Fsp3) is 0.538. The van der Waals surface area contributed by atoms with Crippen LogP contribution in [0.3, 0.4) is 0 Å². The third-order valence-corrected chi connectivity index (χ3v) is 2.36. The second kappa shape index (κ2) is 5.17. The molecule has 2 nitrogen and oxygen atoms in total. The lowest BCUT2D eigenvalue weighted by Gasteiger charge is -2.18. The van der Waals surface area contributed by atoms with Crippen molar-refractivity contribution in [1.29, 1.82) is 0 Å². The van der Waals surface area contributed by atoms with Gasteiger partial charge in [0.05, 0.1) is 6.61 Å². The van der Waals surface area contributed by atoms with Gasteiger partial charge in [0.1, 0.15) is 0 Å². The molecule has 0 saturated carbocycles. The van der Waals surface area contributed by atoms with E-state index in [1.54, 1.807) is 0 Å². The lowest BCUT2D eigenvalue weighted by Crippen LogP contribution is -2.12. The molecule has 1 aromatic carbocycles. The van der Waals surface area contributed by atoms with Crippen LogP contribution in [-0.2, 0) is 6.61 Å². The maximum absolute atomic E-state index is 9.10. The Bertz CT molecular complexity index is 318. The summed E-state index contributed by atoms with van der Waals surface area (Å²) in [5.74, 6) is 0.470. The van der Waals surface area contributed by atoms with E-state index in [4.69, 9.17) is 5.11 Å². The Hall–Kier alpha value is -1.02. The molecule has 0 spiro atoms. The van der Waals surface area contributed by atoms with Gasteiger partial charge in [-0.15, -0.1) is 0 Å². The number of rotatable bonds is 4. The van der Waals surface area contributed by atoms with Crippen LogP contribution in [0.2, 0.25) is 0 Å². The molecule has 0 amide bonds. The van der Waals surface area contributed by atoms with Crippen LogP contribution in [0.15, 0.2) is 18.2 Å². The zero-order valence-corrected chi connectivity index (χ0v) is 10.0. The number of aliphatic hydroxyl groups is 1. The number of hydrogen-bond acceptors (Lipinski definition) is 2. The molecule has 0 aliphatic rings. The number of nitrogens with one attached hydrogen (secondary N) is 1. The highest BCUT2D eigenvalue weighted by atomic mass is 16.3. The van der Waals surface area contributed by atoms with Gasteiger partial charge in [0.2, 0.25) is 0 Å². The van der Waals surface area contributed by atoms with Gasteiger partial charge in [-0.2, -0.15) is 0 Å². The normalized spacial score (nSPS) is 11.1. The molecule has 0 aliphatic carbocycles. The van der Waals surface area contributed by atoms with Gasteiger partial charge in [-0.1, -0.05) is 26.0 Å². The van der Waals surface area contributed by atoms with Crippen molar-refractivity contribution < 1.29 is 5.11 Å². The second-order valence-corrected chi connectivity index (χ2v) is 4.53. The zero-order chi connectivity index (χ0) is 11.4.